The SMILES string of the molecule is Cc1nc(-c2ccc(C(F)(F)F)cc2)sc1C(O)CC(O)(c1ccccc1)c1sc(-c2ccc(C(F)(F)F)cc2)nc1C. The zero-order valence-corrected chi connectivity index (χ0v) is 24.3. The molecule has 0 aliphatic carbocycles. The number of rotatable bonds is 7. The number of hydrogen-bond donors (Lipinski definition) is 2. The van der Waals surface area contributed by atoms with Crippen molar-refractivity contribution in [2.24, 2.45) is 0 Å². The van der Waals surface area contributed by atoms with Gasteiger partial charge in [0, 0.05) is 17.5 Å². The van der Waals surface area contributed by atoms with E-state index in [0.29, 0.717) is 47.8 Å². The van der Waals surface area contributed by atoms with E-state index in [1.165, 1.54) is 24.3 Å². The van der Waals surface area contributed by atoms with Crippen LogP contribution in [0, 0.1) is 13.8 Å². The lowest BCUT2D eigenvalue weighted by atomic mass is 9.85. The Morgan fingerprint density at radius 1 is 0.651 bits per heavy atom. The molecule has 0 radical (unpaired) electrons. The third kappa shape index (κ3) is 6.37. The molecule has 5 rings (SSSR count). The minimum absolute atomic E-state index is 0.206. The summed E-state index contributed by atoms with van der Waals surface area (Å²) in [5.41, 5.74) is -1.01. The smallest absolute Gasteiger partial charge is 0.387 e. The molecule has 0 fully saturated rings. The van der Waals surface area contributed by atoms with Gasteiger partial charge in [0.05, 0.1) is 38.4 Å². The highest BCUT2D eigenvalue weighted by molar-refractivity contribution is 7.15. The Labute approximate surface area is 251 Å². The van der Waals surface area contributed by atoms with Gasteiger partial charge in [0.25, 0.3) is 0 Å². The first-order valence-electron chi connectivity index (χ1n) is 12.9. The van der Waals surface area contributed by atoms with Crippen molar-refractivity contribution in [3.05, 3.63) is 117 Å². The van der Waals surface area contributed by atoms with E-state index < -0.39 is 35.2 Å². The molecule has 0 amide bonds. The lowest BCUT2D eigenvalue weighted by Gasteiger charge is -2.30. The molecule has 12 heteroatoms. The summed E-state index contributed by atoms with van der Waals surface area (Å²) in [6.07, 6.45) is -10.4. The fraction of sp³-hybridized carbons (Fsp3) is 0.226. The maximum absolute atomic E-state index is 13.1. The Hall–Kier alpha value is -3.58. The molecule has 2 atom stereocenters. The fourth-order valence-corrected chi connectivity index (χ4v) is 7.03. The summed E-state index contributed by atoms with van der Waals surface area (Å²) in [5, 5.41) is 24.5. The third-order valence-electron chi connectivity index (χ3n) is 6.97. The van der Waals surface area contributed by atoms with Crippen LogP contribution in [-0.2, 0) is 18.0 Å². The van der Waals surface area contributed by atoms with Crippen molar-refractivity contribution in [1.29, 1.82) is 0 Å². The molecule has 0 aliphatic rings. The Morgan fingerprint density at radius 3 is 1.60 bits per heavy atom. The number of aryl methyl sites for hydroxylation is 2. The molecule has 5 aromatic rings. The van der Waals surface area contributed by atoms with E-state index in [2.05, 4.69) is 9.97 Å². The first kappa shape index (κ1) is 30.9. The Balaban J connectivity index is 1.49. The second-order valence-corrected chi connectivity index (χ2v) is 12.0. The third-order valence-corrected chi connectivity index (χ3v) is 9.63. The van der Waals surface area contributed by atoms with Gasteiger partial charge in [-0.25, -0.2) is 9.97 Å². The number of alkyl halides is 6. The molecule has 43 heavy (non-hydrogen) atoms. The summed E-state index contributed by atoms with van der Waals surface area (Å²) in [5.74, 6) is 0. The van der Waals surface area contributed by atoms with Crippen molar-refractivity contribution in [2.45, 2.75) is 44.3 Å². The quantitative estimate of drug-likeness (QED) is 0.176. The second-order valence-electron chi connectivity index (χ2n) is 10.00. The Morgan fingerprint density at radius 2 is 1.12 bits per heavy atom. The van der Waals surface area contributed by atoms with Crippen molar-refractivity contribution in [2.75, 3.05) is 0 Å². The highest BCUT2D eigenvalue weighted by Crippen LogP contribution is 2.46. The van der Waals surface area contributed by atoms with Crippen LogP contribution in [0.15, 0.2) is 78.9 Å². The van der Waals surface area contributed by atoms with Crippen LogP contribution in [0.4, 0.5) is 26.3 Å². The highest BCUT2D eigenvalue weighted by atomic mass is 32.1. The van der Waals surface area contributed by atoms with E-state index >= 15 is 0 Å². The number of hydrogen-bond acceptors (Lipinski definition) is 6. The molecule has 2 aromatic heterocycles. The van der Waals surface area contributed by atoms with Crippen LogP contribution < -0.4 is 0 Å². The van der Waals surface area contributed by atoms with E-state index in [4.69, 9.17) is 0 Å². The highest BCUT2D eigenvalue weighted by Gasteiger charge is 2.39. The van der Waals surface area contributed by atoms with Gasteiger partial charge in [-0.2, -0.15) is 26.3 Å². The van der Waals surface area contributed by atoms with Gasteiger partial charge in [-0.05, 0) is 43.7 Å². The molecule has 0 saturated carbocycles. The molecule has 4 nitrogen and oxygen atoms in total. The summed E-state index contributed by atoms with van der Waals surface area (Å²) in [7, 11) is 0. The zero-order chi connectivity index (χ0) is 31.2. The predicted molar refractivity (Wildman–Crippen MR) is 154 cm³/mol. The minimum atomic E-state index is -4.48. The monoisotopic (exact) mass is 634 g/mol. The maximum atomic E-state index is 13.1. The molecule has 0 saturated heterocycles. The van der Waals surface area contributed by atoms with Crippen LogP contribution in [0.3, 0.4) is 0 Å². The first-order chi connectivity index (χ1) is 20.2. The number of thiazole rings is 2. The van der Waals surface area contributed by atoms with E-state index in [1.807, 2.05) is 0 Å². The predicted octanol–water partition coefficient (Wildman–Crippen LogP) is 8.95. The molecule has 3 aromatic carbocycles. The van der Waals surface area contributed by atoms with E-state index in [1.54, 1.807) is 44.2 Å². The van der Waals surface area contributed by atoms with Crippen LogP contribution in [-0.4, -0.2) is 20.2 Å². The van der Waals surface area contributed by atoms with Gasteiger partial charge >= 0.3 is 12.4 Å². The summed E-state index contributed by atoms with van der Waals surface area (Å²) >= 11 is 2.23. The molecule has 0 aliphatic heterocycles. The van der Waals surface area contributed by atoms with Gasteiger partial charge < -0.3 is 10.2 Å². The number of benzene rings is 3. The normalized spacial score (nSPS) is 14.5. The zero-order valence-electron chi connectivity index (χ0n) is 22.7. The number of aliphatic hydroxyl groups excluding tert-OH is 1. The standard InChI is InChI=1S/C31H24F6N2O2S2/c1-17-25(42-27(38-17)19-8-12-22(13-9-19)30(32,33)34)24(40)16-29(41,21-6-4-3-5-7-21)26-18(2)39-28(43-26)20-10-14-23(15-11-20)31(35,36)37/h3-15,24,40-41H,16H2,1-2H3. The summed E-state index contributed by atoms with van der Waals surface area (Å²) in [6.45, 7) is 3.35. The van der Waals surface area contributed by atoms with Crippen molar-refractivity contribution in [3.8, 4) is 21.1 Å². The maximum Gasteiger partial charge on any atom is 0.416 e. The topological polar surface area (TPSA) is 66.2 Å². The van der Waals surface area contributed by atoms with Crippen LogP contribution in [0.25, 0.3) is 21.1 Å². The summed E-state index contributed by atoms with van der Waals surface area (Å²) < 4.78 is 78.2. The van der Waals surface area contributed by atoms with Gasteiger partial charge in [-0.15, -0.1) is 22.7 Å². The largest absolute Gasteiger partial charge is 0.416 e. The number of aromatic nitrogens is 2. The minimum Gasteiger partial charge on any atom is -0.387 e. The fourth-order valence-electron chi connectivity index (χ4n) is 4.78. The van der Waals surface area contributed by atoms with E-state index in [0.717, 1.165) is 46.9 Å². The Kier molecular flexibility index (Phi) is 8.25. The lowest BCUT2D eigenvalue weighted by molar-refractivity contribution is -0.138. The number of aliphatic hydroxyl groups is 2. The van der Waals surface area contributed by atoms with Crippen molar-refractivity contribution >= 4 is 22.7 Å². The molecule has 0 spiro atoms. The Bertz CT molecular complexity index is 1710. The molecule has 2 unspecified atom stereocenters. The van der Waals surface area contributed by atoms with E-state index in [-0.39, 0.29) is 6.42 Å². The molecule has 2 N–H and O–H groups in total. The van der Waals surface area contributed by atoms with Gasteiger partial charge in [-0.3, -0.25) is 0 Å². The van der Waals surface area contributed by atoms with Gasteiger partial charge in [0.1, 0.15) is 15.6 Å². The van der Waals surface area contributed by atoms with Gasteiger partial charge in [0.15, 0.2) is 0 Å². The van der Waals surface area contributed by atoms with Crippen molar-refractivity contribution in [3.63, 3.8) is 0 Å². The van der Waals surface area contributed by atoms with Crippen molar-refractivity contribution < 1.29 is 36.6 Å². The van der Waals surface area contributed by atoms with Crippen LogP contribution >= 0.6 is 22.7 Å². The molecule has 2 heterocycles. The summed E-state index contributed by atoms with van der Waals surface area (Å²) in [6, 6.07) is 17.8. The summed E-state index contributed by atoms with van der Waals surface area (Å²) in [4.78, 5) is 9.85. The van der Waals surface area contributed by atoms with Crippen LogP contribution in [0.5, 0.6) is 0 Å². The van der Waals surface area contributed by atoms with Crippen molar-refractivity contribution in [1.82, 2.24) is 9.97 Å². The van der Waals surface area contributed by atoms with E-state index in [9.17, 15) is 36.6 Å². The van der Waals surface area contributed by atoms with Crippen LogP contribution in [0.2, 0.25) is 0 Å². The number of nitrogens with zero attached hydrogens (tertiary/aromatic N) is 2. The molecular formula is C31H24F6N2O2S2. The van der Waals surface area contributed by atoms with Gasteiger partial charge in [-0.1, -0.05) is 54.6 Å². The first-order valence-corrected chi connectivity index (χ1v) is 14.6. The molecular weight excluding hydrogens is 610 g/mol. The molecule has 224 valence electrons. The average molecular weight is 635 g/mol. The lowest BCUT2D eigenvalue weighted by Crippen LogP contribution is -2.29. The van der Waals surface area contributed by atoms with Gasteiger partial charge in [0.2, 0.25) is 0 Å². The van der Waals surface area contributed by atoms with Crippen LogP contribution in [0.1, 0.15) is 50.4 Å². The number of halogens is 6. The average Bonchev–Trinajstić information content (AvgIpc) is 3.56. The molecule has 0 bridgehead atoms. The second kappa shape index (κ2) is 11.5.